The summed E-state index contributed by atoms with van der Waals surface area (Å²) in [6.07, 6.45) is 1.00. The Morgan fingerprint density at radius 2 is 1.88 bits per heavy atom. The molecule has 1 unspecified atom stereocenters. The lowest BCUT2D eigenvalue weighted by Gasteiger charge is -2.36. The predicted octanol–water partition coefficient (Wildman–Crippen LogP) is 5.49. The smallest absolute Gasteiger partial charge is 0.315 e. The predicted molar refractivity (Wildman–Crippen MR) is 124 cm³/mol. The van der Waals surface area contributed by atoms with Gasteiger partial charge in [0, 0.05) is 34.3 Å². The molecule has 0 spiro atoms. The number of ketones is 1. The van der Waals surface area contributed by atoms with E-state index in [9.17, 15) is 9.59 Å². The standard InChI is InChI=1S/C26H26ClNO4/c1-4-32-26(30)23-15(2)28-21-13-18(16-8-10-20(31-3)11-9-16)14-22(29)25(21)24(23)17-6-5-7-19(27)12-17/h5-12,18,23-24H,4,13-14H2,1-3H3/t18-,23?,24-/m0/s1. The van der Waals surface area contributed by atoms with E-state index in [2.05, 4.69) is 0 Å². The highest BCUT2D eigenvalue weighted by Crippen LogP contribution is 2.47. The van der Waals surface area contributed by atoms with E-state index >= 15 is 0 Å². The van der Waals surface area contributed by atoms with E-state index in [-0.39, 0.29) is 24.3 Å². The quantitative estimate of drug-likeness (QED) is 0.564. The summed E-state index contributed by atoms with van der Waals surface area (Å²) in [5.41, 5.74) is 3.93. The average Bonchev–Trinajstić information content (AvgIpc) is 2.78. The van der Waals surface area contributed by atoms with Crippen LogP contribution in [-0.2, 0) is 14.3 Å². The molecule has 2 aromatic rings. The van der Waals surface area contributed by atoms with Gasteiger partial charge in [0.15, 0.2) is 5.78 Å². The minimum Gasteiger partial charge on any atom is -0.497 e. The van der Waals surface area contributed by atoms with Crippen molar-refractivity contribution in [2.75, 3.05) is 13.7 Å². The number of rotatable bonds is 5. The van der Waals surface area contributed by atoms with Crippen LogP contribution in [0.5, 0.6) is 5.75 Å². The first kappa shape index (κ1) is 22.3. The molecule has 166 valence electrons. The van der Waals surface area contributed by atoms with Gasteiger partial charge < -0.3 is 9.47 Å². The van der Waals surface area contributed by atoms with Gasteiger partial charge in [-0.15, -0.1) is 0 Å². The Balaban J connectivity index is 1.77. The lowest BCUT2D eigenvalue weighted by molar-refractivity contribution is -0.146. The van der Waals surface area contributed by atoms with Gasteiger partial charge >= 0.3 is 5.97 Å². The summed E-state index contributed by atoms with van der Waals surface area (Å²) in [6, 6.07) is 15.2. The van der Waals surface area contributed by atoms with Crippen LogP contribution >= 0.6 is 11.6 Å². The Kier molecular flexibility index (Phi) is 6.47. The largest absolute Gasteiger partial charge is 0.497 e. The molecular weight excluding hydrogens is 426 g/mol. The van der Waals surface area contributed by atoms with E-state index in [1.165, 1.54) is 0 Å². The van der Waals surface area contributed by atoms with Crippen molar-refractivity contribution < 1.29 is 19.1 Å². The molecule has 0 amide bonds. The molecule has 0 saturated heterocycles. The number of carbonyl (C=O) groups excluding carboxylic acids is 2. The maximum absolute atomic E-state index is 13.5. The molecule has 32 heavy (non-hydrogen) atoms. The van der Waals surface area contributed by atoms with Gasteiger partial charge in [0.25, 0.3) is 0 Å². The third-order valence-corrected chi connectivity index (χ3v) is 6.46. The highest BCUT2D eigenvalue weighted by Gasteiger charge is 2.44. The molecule has 5 nitrogen and oxygen atoms in total. The molecular formula is C26H26ClNO4. The number of carbonyl (C=O) groups is 2. The van der Waals surface area contributed by atoms with Crippen LogP contribution in [-0.4, -0.2) is 31.2 Å². The van der Waals surface area contributed by atoms with Gasteiger partial charge in [-0.05, 0) is 61.6 Å². The van der Waals surface area contributed by atoms with Crippen LogP contribution in [0.15, 0.2) is 64.8 Å². The van der Waals surface area contributed by atoms with Gasteiger partial charge in [0.2, 0.25) is 0 Å². The second-order valence-corrected chi connectivity index (χ2v) is 8.61. The molecule has 6 heteroatoms. The number of benzene rings is 2. The molecule has 1 aliphatic heterocycles. The van der Waals surface area contributed by atoms with Crippen molar-refractivity contribution in [3.8, 4) is 5.75 Å². The van der Waals surface area contributed by atoms with Crippen molar-refractivity contribution in [3.63, 3.8) is 0 Å². The molecule has 3 atom stereocenters. The number of Topliss-reactive ketones (excluding diaryl/α,β-unsaturated/α-hetero) is 1. The number of halogens is 1. The molecule has 0 bridgehead atoms. The summed E-state index contributed by atoms with van der Waals surface area (Å²) in [5.74, 6) is -0.639. The van der Waals surface area contributed by atoms with Crippen molar-refractivity contribution in [2.24, 2.45) is 10.9 Å². The van der Waals surface area contributed by atoms with Gasteiger partial charge in [-0.3, -0.25) is 14.6 Å². The van der Waals surface area contributed by atoms with E-state index in [4.69, 9.17) is 26.1 Å². The fourth-order valence-electron chi connectivity index (χ4n) is 4.77. The van der Waals surface area contributed by atoms with Crippen molar-refractivity contribution in [2.45, 2.75) is 38.5 Å². The third-order valence-electron chi connectivity index (χ3n) is 6.22. The van der Waals surface area contributed by atoms with E-state index in [0.717, 1.165) is 22.6 Å². The Bertz CT molecular complexity index is 1100. The summed E-state index contributed by atoms with van der Waals surface area (Å²) in [7, 11) is 1.63. The van der Waals surface area contributed by atoms with Crippen LogP contribution in [0.3, 0.4) is 0 Å². The number of aliphatic imine (C=N–C) groups is 1. The second-order valence-electron chi connectivity index (χ2n) is 8.18. The lowest BCUT2D eigenvalue weighted by Crippen LogP contribution is -2.38. The van der Waals surface area contributed by atoms with Crippen LogP contribution in [0.2, 0.25) is 5.02 Å². The molecule has 2 aliphatic rings. The van der Waals surface area contributed by atoms with Gasteiger partial charge in [0.05, 0.1) is 13.7 Å². The van der Waals surface area contributed by atoms with Crippen LogP contribution < -0.4 is 4.74 Å². The maximum atomic E-state index is 13.5. The molecule has 0 radical (unpaired) electrons. The summed E-state index contributed by atoms with van der Waals surface area (Å²) in [6.45, 7) is 3.88. The minimum absolute atomic E-state index is 0.0163. The summed E-state index contributed by atoms with van der Waals surface area (Å²) >= 11 is 6.27. The van der Waals surface area contributed by atoms with Crippen molar-refractivity contribution in [1.29, 1.82) is 0 Å². The zero-order valence-electron chi connectivity index (χ0n) is 18.4. The normalized spacial score (nSPS) is 22.8. The minimum atomic E-state index is -0.645. The highest BCUT2D eigenvalue weighted by atomic mass is 35.5. The Morgan fingerprint density at radius 1 is 1.12 bits per heavy atom. The fraction of sp³-hybridized carbons (Fsp3) is 0.346. The molecule has 0 saturated carbocycles. The monoisotopic (exact) mass is 451 g/mol. The molecule has 0 N–H and O–H groups in total. The van der Waals surface area contributed by atoms with Gasteiger partial charge in [0.1, 0.15) is 11.7 Å². The van der Waals surface area contributed by atoms with Crippen molar-refractivity contribution in [1.82, 2.24) is 0 Å². The number of methoxy groups -OCH3 is 1. The summed E-state index contributed by atoms with van der Waals surface area (Å²) in [4.78, 5) is 31.2. The molecule has 1 heterocycles. The SMILES string of the molecule is CCOC(=O)C1C(C)=NC2=C(C(=O)C[C@@H](c3ccc(OC)cc3)C2)[C@H]1c1cccc(Cl)c1. The highest BCUT2D eigenvalue weighted by molar-refractivity contribution is 6.30. The number of nitrogens with zero attached hydrogens (tertiary/aromatic N) is 1. The molecule has 0 aromatic heterocycles. The maximum Gasteiger partial charge on any atom is 0.315 e. The number of ether oxygens (including phenoxy) is 2. The first-order valence-electron chi connectivity index (χ1n) is 10.8. The first-order chi connectivity index (χ1) is 15.4. The average molecular weight is 452 g/mol. The Hall–Kier alpha value is -2.92. The van der Waals surface area contributed by atoms with Crippen LogP contribution in [0.1, 0.15) is 49.7 Å². The molecule has 0 fully saturated rings. The summed E-state index contributed by atoms with van der Waals surface area (Å²) < 4.78 is 10.6. The second kappa shape index (κ2) is 9.29. The summed E-state index contributed by atoms with van der Waals surface area (Å²) in [5, 5.41) is 0.562. The molecule has 2 aromatic carbocycles. The number of esters is 1. The zero-order valence-corrected chi connectivity index (χ0v) is 19.2. The van der Waals surface area contributed by atoms with Crippen LogP contribution in [0.4, 0.5) is 0 Å². The van der Waals surface area contributed by atoms with E-state index < -0.39 is 11.8 Å². The van der Waals surface area contributed by atoms with Gasteiger partial charge in [-0.2, -0.15) is 0 Å². The molecule has 4 rings (SSSR count). The topological polar surface area (TPSA) is 65.0 Å². The van der Waals surface area contributed by atoms with E-state index in [0.29, 0.717) is 29.1 Å². The number of hydrogen-bond acceptors (Lipinski definition) is 5. The first-order valence-corrected chi connectivity index (χ1v) is 11.2. The van der Waals surface area contributed by atoms with Gasteiger partial charge in [-0.1, -0.05) is 35.9 Å². The number of allylic oxidation sites excluding steroid dienone is 2. The van der Waals surface area contributed by atoms with Gasteiger partial charge in [-0.25, -0.2) is 0 Å². The van der Waals surface area contributed by atoms with E-state index in [1.54, 1.807) is 20.1 Å². The lowest BCUT2D eigenvalue weighted by atomic mass is 9.69. The zero-order chi connectivity index (χ0) is 22.8. The third kappa shape index (κ3) is 4.22. The van der Waals surface area contributed by atoms with Crippen molar-refractivity contribution >= 4 is 29.1 Å². The van der Waals surface area contributed by atoms with Crippen LogP contribution in [0.25, 0.3) is 0 Å². The molecule has 1 aliphatic carbocycles. The van der Waals surface area contributed by atoms with Crippen molar-refractivity contribution in [3.05, 3.63) is 76.0 Å². The van der Waals surface area contributed by atoms with E-state index in [1.807, 2.05) is 49.4 Å². The Morgan fingerprint density at radius 3 is 2.53 bits per heavy atom. The Labute approximate surface area is 193 Å². The fourth-order valence-corrected chi connectivity index (χ4v) is 4.97. The number of hydrogen-bond donors (Lipinski definition) is 0. The van der Waals surface area contributed by atoms with Crippen LogP contribution in [0, 0.1) is 5.92 Å².